The van der Waals surface area contributed by atoms with Crippen LogP contribution in [0.15, 0.2) is 30.3 Å². The Balaban J connectivity index is 1.93. The van der Waals surface area contributed by atoms with Gasteiger partial charge in [0, 0.05) is 44.7 Å². The number of piperazine rings is 1. The third-order valence-corrected chi connectivity index (χ3v) is 5.06. The van der Waals surface area contributed by atoms with Crippen molar-refractivity contribution >= 4 is 11.8 Å². The predicted molar refractivity (Wildman–Crippen MR) is 105 cm³/mol. The van der Waals surface area contributed by atoms with Crippen LogP contribution in [0.1, 0.15) is 40.2 Å². The van der Waals surface area contributed by atoms with Crippen molar-refractivity contribution in [3.05, 3.63) is 35.9 Å². The van der Waals surface area contributed by atoms with Gasteiger partial charge in [-0.2, -0.15) is 0 Å². The molecule has 0 aliphatic carbocycles. The molecule has 0 saturated carbocycles. The minimum Gasteiger partial charge on any atom is -0.340 e. The van der Waals surface area contributed by atoms with Gasteiger partial charge in [0.1, 0.15) is 0 Å². The van der Waals surface area contributed by atoms with Gasteiger partial charge >= 0.3 is 0 Å². The first-order valence-corrected chi connectivity index (χ1v) is 9.60. The van der Waals surface area contributed by atoms with E-state index in [1.807, 2.05) is 62.6 Å². The molecule has 26 heavy (non-hydrogen) atoms. The van der Waals surface area contributed by atoms with Crippen LogP contribution in [0.4, 0.5) is 0 Å². The molecule has 1 heterocycles. The molecule has 5 heteroatoms. The zero-order chi connectivity index (χ0) is 19.3. The van der Waals surface area contributed by atoms with Crippen molar-refractivity contribution in [3.63, 3.8) is 0 Å². The first kappa shape index (κ1) is 20.4. The first-order valence-electron chi connectivity index (χ1n) is 9.60. The van der Waals surface area contributed by atoms with Crippen LogP contribution in [0, 0.1) is 5.41 Å². The van der Waals surface area contributed by atoms with Crippen LogP contribution in [0.3, 0.4) is 0 Å². The van der Waals surface area contributed by atoms with Crippen molar-refractivity contribution in [2.45, 2.75) is 47.2 Å². The Labute approximate surface area is 158 Å². The Hall–Kier alpha value is -1.88. The smallest absolute Gasteiger partial charge is 0.239 e. The van der Waals surface area contributed by atoms with E-state index < -0.39 is 0 Å². The molecule has 1 atom stereocenters. The lowest BCUT2D eigenvalue weighted by Gasteiger charge is -2.40. The van der Waals surface area contributed by atoms with E-state index in [2.05, 4.69) is 17.0 Å². The van der Waals surface area contributed by atoms with Gasteiger partial charge in [-0.15, -0.1) is 0 Å². The van der Waals surface area contributed by atoms with Gasteiger partial charge in [-0.05, 0) is 19.4 Å². The second-order valence-corrected chi connectivity index (χ2v) is 8.09. The van der Waals surface area contributed by atoms with Gasteiger partial charge in [-0.1, -0.05) is 51.1 Å². The van der Waals surface area contributed by atoms with Gasteiger partial charge in [0.15, 0.2) is 0 Å². The normalized spacial score (nSPS) is 17.0. The lowest BCUT2D eigenvalue weighted by Crippen LogP contribution is -2.56. The maximum Gasteiger partial charge on any atom is 0.239 e. The molecule has 1 aliphatic rings. The van der Waals surface area contributed by atoms with Crippen LogP contribution in [0.5, 0.6) is 0 Å². The van der Waals surface area contributed by atoms with E-state index >= 15 is 0 Å². The Morgan fingerprint density at radius 1 is 1.08 bits per heavy atom. The molecule has 1 fully saturated rings. The van der Waals surface area contributed by atoms with Gasteiger partial charge in [0.25, 0.3) is 0 Å². The SMILES string of the molecule is CCN(Cc1ccccc1)C(=O)C(C)N1CCN(C(=O)C(C)(C)C)CC1. The van der Waals surface area contributed by atoms with E-state index in [9.17, 15) is 9.59 Å². The summed E-state index contributed by atoms with van der Waals surface area (Å²) >= 11 is 0. The fourth-order valence-electron chi connectivity index (χ4n) is 3.36. The highest BCUT2D eigenvalue weighted by Gasteiger charge is 2.33. The van der Waals surface area contributed by atoms with Crippen molar-refractivity contribution in [2.75, 3.05) is 32.7 Å². The molecular weight excluding hydrogens is 326 g/mol. The van der Waals surface area contributed by atoms with Crippen LogP contribution >= 0.6 is 0 Å². The molecule has 1 aliphatic heterocycles. The predicted octanol–water partition coefficient (Wildman–Crippen LogP) is 2.61. The summed E-state index contributed by atoms with van der Waals surface area (Å²) in [5.41, 5.74) is 0.800. The van der Waals surface area contributed by atoms with Crippen molar-refractivity contribution in [2.24, 2.45) is 5.41 Å². The van der Waals surface area contributed by atoms with Crippen LogP contribution in [0.25, 0.3) is 0 Å². The molecule has 144 valence electrons. The molecule has 0 bridgehead atoms. The number of likely N-dealkylation sites (N-methyl/N-ethyl adjacent to an activating group) is 1. The van der Waals surface area contributed by atoms with Crippen molar-refractivity contribution < 1.29 is 9.59 Å². The van der Waals surface area contributed by atoms with Crippen LogP contribution in [0.2, 0.25) is 0 Å². The number of amides is 2. The number of benzene rings is 1. The van der Waals surface area contributed by atoms with Gasteiger partial charge in [-0.25, -0.2) is 0 Å². The molecule has 0 aromatic heterocycles. The lowest BCUT2D eigenvalue weighted by atomic mass is 9.94. The number of rotatable bonds is 5. The topological polar surface area (TPSA) is 43.9 Å². The number of hydrogen-bond acceptors (Lipinski definition) is 3. The van der Waals surface area contributed by atoms with Crippen LogP contribution in [-0.2, 0) is 16.1 Å². The Bertz CT molecular complexity index is 601. The average Bonchev–Trinajstić information content (AvgIpc) is 2.64. The molecule has 1 aromatic carbocycles. The van der Waals surface area contributed by atoms with Gasteiger partial charge in [-0.3, -0.25) is 14.5 Å². The van der Waals surface area contributed by atoms with E-state index in [1.54, 1.807) is 0 Å². The summed E-state index contributed by atoms with van der Waals surface area (Å²) in [6.07, 6.45) is 0. The molecule has 1 unspecified atom stereocenters. The lowest BCUT2D eigenvalue weighted by molar-refractivity contribution is -0.143. The molecule has 1 aromatic rings. The molecule has 2 amide bonds. The summed E-state index contributed by atoms with van der Waals surface area (Å²) in [5, 5.41) is 0. The van der Waals surface area contributed by atoms with Crippen LogP contribution in [-0.4, -0.2) is 65.3 Å². The average molecular weight is 360 g/mol. The van der Waals surface area contributed by atoms with E-state index in [0.717, 1.165) is 18.7 Å². The zero-order valence-electron chi connectivity index (χ0n) is 16.9. The highest BCUT2D eigenvalue weighted by Crippen LogP contribution is 2.19. The summed E-state index contributed by atoms with van der Waals surface area (Å²) in [5.74, 6) is 0.349. The minimum absolute atomic E-state index is 0.159. The van der Waals surface area contributed by atoms with Gasteiger partial charge < -0.3 is 9.80 Å². The molecule has 0 spiro atoms. The van der Waals surface area contributed by atoms with Crippen molar-refractivity contribution in [1.29, 1.82) is 0 Å². The van der Waals surface area contributed by atoms with E-state index in [0.29, 0.717) is 26.2 Å². The monoisotopic (exact) mass is 359 g/mol. The second kappa shape index (κ2) is 8.67. The van der Waals surface area contributed by atoms with E-state index in [1.165, 1.54) is 0 Å². The van der Waals surface area contributed by atoms with Gasteiger partial charge in [0.2, 0.25) is 11.8 Å². The number of carbonyl (C=O) groups is 2. The Morgan fingerprint density at radius 2 is 1.65 bits per heavy atom. The minimum atomic E-state index is -0.349. The molecular formula is C21H33N3O2. The third-order valence-electron chi connectivity index (χ3n) is 5.06. The number of carbonyl (C=O) groups excluding carboxylic acids is 2. The summed E-state index contributed by atoms with van der Waals surface area (Å²) in [4.78, 5) is 31.4. The highest BCUT2D eigenvalue weighted by molar-refractivity contribution is 5.82. The maximum atomic E-state index is 13.0. The van der Waals surface area contributed by atoms with E-state index in [-0.39, 0.29) is 23.3 Å². The van der Waals surface area contributed by atoms with Crippen molar-refractivity contribution in [3.8, 4) is 0 Å². The molecule has 0 radical (unpaired) electrons. The molecule has 0 N–H and O–H groups in total. The van der Waals surface area contributed by atoms with Gasteiger partial charge in [0.05, 0.1) is 6.04 Å². The number of nitrogens with zero attached hydrogens (tertiary/aromatic N) is 3. The Morgan fingerprint density at radius 3 is 2.15 bits per heavy atom. The quantitative estimate of drug-likeness (QED) is 0.812. The Kier molecular flexibility index (Phi) is 6.81. The molecule has 1 saturated heterocycles. The third kappa shape index (κ3) is 5.07. The summed E-state index contributed by atoms with van der Waals surface area (Å²) < 4.78 is 0. The first-order chi connectivity index (χ1) is 12.2. The standard InChI is InChI=1S/C21H33N3O2/c1-6-22(16-18-10-8-7-9-11-18)19(25)17(2)23-12-14-24(15-13-23)20(26)21(3,4)5/h7-11,17H,6,12-16H2,1-5H3. The van der Waals surface area contributed by atoms with E-state index in [4.69, 9.17) is 0 Å². The molecule has 5 nitrogen and oxygen atoms in total. The van der Waals surface area contributed by atoms with Crippen LogP contribution < -0.4 is 0 Å². The summed E-state index contributed by atoms with van der Waals surface area (Å²) in [6, 6.07) is 9.94. The summed E-state index contributed by atoms with van der Waals surface area (Å²) in [6.45, 7) is 14.1. The second-order valence-electron chi connectivity index (χ2n) is 8.09. The van der Waals surface area contributed by atoms with Crippen molar-refractivity contribution in [1.82, 2.24) is 14.7 Å². The number of hydrogen-bond donors (Lipinski definition) is 0. The highest BCUT2D eigenvalue weighted by atomic mass is 16.2. The fourth-order valence-corrected chi connectivity index (χ4v) is 3.36. The molecule has 2 rings (SSSR count). The zero-order valence-corrected chi connectivity index (χ0v) is 16.9. The fraction of sp³-hybridized carbons (Fsp3) is 0.619. The maximum absolute atomic E-state index is 13.0. The summed E-state index contributed by atoms with van der Waals surface area (Å²) in [7, 11) is 0. The largest absolute Gasteiger partial charge is 0.340 e.